The van der Waals surface area contributed by atoms with Gasteiger partial charge >= 0.3 is 5.97 Å². The summed E-state index contributed by atoms with van der Waals surface area (Å²) in [5.74, 6) is -1.14. The minimum absolute atomic E-state index is 0.270. The van der Waals surface area contributed by atoms with E-state index in [1.165, 1.54) is 17.4 Å². The fourth-order valence-corrected chi connectivity index (χ4v) is 2.84. The molecule has 0 saturated heterocycles. The van der Waals surface area contributed by atoms with Gasteiger partial charge in [0.15, 0.2) is 5.13 Å². The van der Waals surface area contributed by atoms with Crippen LogP contribution in [0, 0.1) is 12.9 Å². The molecule has 23 heavy (non-hydrogen) atoms. The van der Waals surface area contributed by atoms with Gasteiger partial charge in [0.1, 0.15) is 5.82 Å². The molecule has 0 fully saturated rings. The zero-order valence-corrected chi connectivity index (χ0v) is 12.9. The molecule has 7 heteroatoms. The Kier molecular flexibility index (Phi) is 4.03. The number of carboxylic acids is 1. The molecule has 0 aliphatic rings. The molecule has 0 saturated carbocycles. The SMILES string of the molecule is Cc1cc(-c2csc(Nc3cccc(F)n3)n2)ccc1C(=O)O. The van der Waals surface area contributed by atoms with Crippen molar-refractivity contribution in [2.45, 2.75) is 6.92 Å². The highest BCUT2D eigenvalue weighted by atomic mass is 32.1. The number of halogens is 1. The quantitative estimate of drug-likeness (QED) is 0.705. The van der Waals surface area contributed by atoms with E-state index >= 15 is 0 Å². The van der Waals surface area contributed by atoms with E-state index in [-0.39, 0.29) is 5.56 Å². The molecule has 0 unspecified atom stereocenters. The molecular formula is C16H12FN3O2S. The minimum atomic E-state index is -0.952. The summed E-state index contributed by atoms with van der Waals surface area (Å²) >= 11 is 1.36. The molecule has 0 bridgehead atoms. The summed E-state index contributed by atoms with van der Waals surface area (Å²) < 4.78 is 13.1. The van der Waals surface area contributed by atoms with E-state index in [1.54, 1.807) is 37.3 Å². The van der Waals surface area contributed by atoms with Crippen LogP contribution in [-0.4, -0.2) is 21.0 Å². The van der Waals surface area contributed by atoms with Crippen LogP contribution >= 0.6 is 11.3 Å². The molecule has 2 aromatic heterocycles. The summed E-state index contributed by atoms with van der Waals surface area (Å²) in [5.41, 5.74) is 2.48. The summed E-state index contributed by atoms with van der Waals surface area (Å²) in [7, 11) is 0. The number of hydrogen-bond donors (Lipinski definition) is 2. The summed E-state index contributed by atoms with van der Waals surface area (Å²) in [6, 6.07) is 9.54. The van der Waals surface area contributed by atoms with Gasteiger partial charge in [-0.3, -0.25) is 0 Å². The Bertz CT molecular complexity index is 879. The predicted octanol–water partition coefficient (Wildman–Crippen LogP) is 4.09. The Morgan fingerprint density at radius 2 is 2.09 bits per heavy atom. The Morgan fingerprint density at radius 1 is 1.26 bits per heavy atom. The van der Waals surface area contributed by atoms with Crippen molar-refractivity contribution in [1.82, 2.24) is 9.97 Å². The lowest BCUT2D eigenvalue weighted by Gasteiger charge is -2.03. The van der Waals surface area contributed by atoms with Gasteiger partial charge in [-0.05, 0) is 36.8 Å². The first-order chi connectivity index (χ1) is 11.0. The van der Waals surface area contributed by atoms with E-state index in [9.17, 15) is 9.18 Å². The number of carbonyl (C=O) groups is 1. The Hall–Kier alpha value is -2.80. The minimum Gasteiger partial charge on any atom is -0.478 e. The van der Waals surface area contributed by atoms with Crippen LogP contribution in [0.2, 0.25) is 0 Å². The van der Waals surface area contributed by atoms with E-state index in [2.05, 4.69) is 15.3 Å². The molecule has 5 nitrogen and oxygen atoms in total. The third-order valence-electron chi connectivity index (χ3n) is 3.21. The molecule has 0 aliphatic carbocycles. The van der Waals surface area contributed by atoms with Crippen molar-refractivity contribution >= 4 is 28.3 Å². The number of nitrogens with zero attached hydrogens (tertiary/aromatic N) is 2. The zero-order chi connectivity index (χ0) is 16.4. The van der Waals surface area contributed by atoms with Crippen LogP contribution in [0.25, 0.3) is 11.3 Å². The maximum Gasteiger partial charge on any atom is 0.335 e. The third kappa shape index (κ3) is 3.35. The average Bonchev–Trinajstić information content (AvgIpc) is 2.95. The van der Waals surface area contributed by atoms with Crippen molar-refractivity contribution in [3.8, 4) is 11.3 Å². The molecule has 0 radical (unpaired) electrons. The number of carboxylic acid groups (broad SMARTS) is 1. The van der Waals surface area contributed by atoms with Crippen molar-refractivity contribution in [3.05, 3.63) is 58.9 Å². The Morgan fingerprint density at radius 3 is 2.78 bits per heavy atom. The number of aryl methyl sites for hydroxylation is 1. The highest BCUT2D eigenvalue weighted by Crippen LogP contribution is 2.28. The molecule has 116 valence electrons. The highest BCUT2D eigenvalue weighted by Gasteiger charge is 2.10. The molecule has 2 N–H and O–H groups in total. The fourth-order valence-electron chi connectivity index (χ4n) is 2.11. The van der Waals surface area contributed by atoms with E-state index in [0.717, 1.165) is 5.56 Å². The Labute approximate surface area is 135 Å². The second kappa shape index (κ2) is 6.13. The smallest absolute Gasteiger partial charge is 0.335 e. The van der Waals surface area contributed by atoms with Gasteiger partial charge in [-0.2, -0.15) is 4.39 Å². The molecule has 0 amide bonds. The summed E-state index contributed by atoms with van der Waals surface area (Å²) in [6.07, 6.45) is 0. The number of pyridine rings is 1. The zero-order valence-electron chi connectivity index (χ0n) is 12.1. The number of hydrogen-bond acceptors (Lipinski definition) is 5. The first-order valence-corrected chi connectivity index (χ1v) is 7.60. The molecule has 0 aliphatic heterocycles. The normalized spacial score (nSPS) is 10.5. The van der Waals surface area contributed by atoms with Crippen molar-refractivity contribution in [1.29, 1.82) is 0 Å². The van der Waals surface area contributed by atoms with Crippen molar-refractivity contribution in [3.63, 3.8) is 0 Å². The average molecular weight is 329 g/mol. The van der Waals surface area contributed by atoms with Crippen molar-refractivity contribution in [2.75, 3.05) is 5.32 Å². The van der Waals surface area contributed by atoms with Crippen molar-refractivity contribution in [2.24, 2.45) is 0 Å². The lowest BCUT2D eigenvalue weighted by Crippen LogP contribution is -1.99. The number of anilines is 2. The van der Waals surface area contributed by atoms with Gasteiger partial charge < -0.3 is 10.4 Å². The monoisotopic (exact) mass is 329 g/mol. The second-order valence-corrected chi connectivity index (χ2v) is 5.70. The summed E-state index contributed by atoms with van der Waals surface area (Å²) in [6.45, 7) is 1.75. The van der Waals surface area contributed by atoms with Crippen LogP contribution in [0.3, 0.4) is 0 Å². The van der Waals surface area contributed by atoms with Crippen LogP contribution in [0.1, 0.15) is 15.9 Å². The van der Waals surface area contributed by atoms with Gasteiger partial charge in [0.25, 0.3) is 0 Å². The molecule has 3 rings (SSSR count). The Balaban J connectivity index is 1.84. The number of aromatic carboxylic acids is 1. The van der Waals surface area contributed by atoms with Gasteiger partial charge in [0.2, 0.25) is 5.95 Å². The lowest BCUT2D eigenvalue weighted by atomic mass is 10.0. The lowest BCUT2D eigenvalue weighted by molar-refractivity contribution is 0.0696. The van der Waals surface area contributed by atoms with Gasteiger partial charge in [-0.15, -0.1) is 11.3 Å². The second-order valence-electron chi connectivity index (χ2n) is 4.84. The van der Waals surface area contributed by atoms with Gasteiger partial charge in [0.05, 0.1) is 11.3 Å². The predicted molar refractivity (Wildman–Crippen MR) is 86.7 cm³/mol. The number of benzene rings is 1. The van der Waals surface area contributed by atoms with Gasteiger partial charge in [-0.1, -0.05) is 12.1 Å². The summed E-state index contributed by atoms with van der Waals surface area (Å²) in [5, 5.41) is 14.4. The molecule has 0 spiro atoms. The number of rotatable bonds is 4. The van der Waals surface area contributed by atoms with E-state index in [4.69, 9.17) is 5.11 Å². The van der Waals surface area contributed by atoms with E-state index in [0.29, 0.717) is 22.2 Å². The topological polar surface area (TPSA) is 75.1 Å². The first kappa shape index (κ1) is 15.1. The largest absolute Gasteiger partial charge is 0.478 e. The van der Waals surface area contributed by atoms with Crippen LogP contribution in [0.4, 0.5) is 15.3 Å². The molecule has 1 aromatic carbocycles. The molecule has 0 atom stereocenters. The van der Waals surface area contributed by atoms with Crippen LogP contribution in [0.5, 0.6) is 0 Å². The van der Waals surface area contributed by atoms with E-state index in [1.807, 2.05) is 5.38 Å². The highest BCUT2D eigenvalue weighted by molar-refractivity contribution is 7.14. The molecule has 2 heterocycles. The maximum absolute atomic E-state index is 13.1. The van der Waals surface area contributed by atoms with Crippen molar-refractivity contribution < 1.29 is 14.3 Å². The number of nitrogens with one attached hydrogen (secondary N) is 1. The van der Waals surface area contributed by atoms with Crippen LogP contribution in [-0.2, 0) is 0 Å². The first-order valence-electron chi connectivity index (χ1n) is 6.72. The molecular weight excluding hydrogens is 317 g/mol. The maximum atomic E-state index is 13.1. The number of thiazole rings is 1. The summed E-state index contributed by atoms with van der Waals surface area (Å²) in [4.78, 5) is 19.2. The van der Waals surface area contributed by atoms with Gasteiger partial charge in [-0.25, -0.2) is 14.8 Å². The van der Waals surface area contributed by atoms with Crippen LogP contribution in [0.15, 0.2) is 41.8 Å². The molecule has 3 aromatic rings. The fraction of sp³-hybridized carbons (Fsp3) is 0.0625. The van der Waals surface area contributed by atoms with Crippen LogP contribution < -0.4 is 5.32 Å². The van der Waals surface area contributed by atoms with E-state index < -0.39 is 11.9 Å². The van der Waals surface area contributed by atoms with Gasteiger partial charge in [0, 0.05) is 10.9 Å². The number of aromatic nitrogens is 2. The third-order valence-corrected chi connectivity index (χ3v) is 3.96. The standard InChI is InChI=1S/C16H12FN3O2S/c1-9-7-10(5-6-11(9)15(21)22)12-8-23-16(18-12)20-14-4-2-3-13(17)19-14/h2-8H,1H3,(H,21,22)(H,18,19,20).